The fraction of sp³-hybridized carbons (Fsp3) is 0.541. The van der Waals surface area contributed by atoms with E-state index in [2.05, 4.69) is 29.9 Å². The van der Waals surface area contributed by atoms with Crippen LogP contribution in [0.3, 0.4) is 0 Å². The number of benzene rings is 1. The number of alkyl halides is 3. The second-order valence-electron chi connectivity index (χ2n) is 12.6. The summed E-state index contributed by atoms with van der Waals surface area (Å²) in [6, 6.07) is 7.56. The molecule has 2 unspecified atom stereocenters. The number of carboxylic acid groups (broad SMARTS) is 1. The Bertz CT molecular complexity index is 1520. The van der Waals surface area contributed by atoms with Crippen molar-refractivity contribution in [1.29, 1.82) is 5.26 Å². The van der Waals surface area contributed by atoms with E-state index in [-0.39, 0.29) is 37.2 Å². The number of pyridine rings is 1. The third kappa shape index (κ3) is 12.6. The van der Waals surface area contributed by atoms with E-state index in [9.17, 15) is 37.2 Å². The minimum atomic E-state index is -4.49. The van der Waals surface area contributed by atoms with Gasteiger partial charge in [0.2, 0.25) is 5.91 Å². The first-order valence-corrected chi connectivity index (χ1v) is 17.0. The molecule has 2 saturated heterocycles. The summed E-state index contributed by atoms with van der Waals surface area (Å²) in [5.74, 6) is -0.418. The van der Waals surface area contributed by atoms with Gasteiger partial charge in [-0.05, 0) is 90.2 Å². The van der Waals surface area contributed by atoms with Crippen molar-refractivity contribution in [2.75, 3.05) is 33.3 Å². The van der Waals surface area contributed by atoms with E-state index >= 15 is 0 Å². The second-order valence-corrected chi connectivity index (χ2v) is 12.6. The summed E-state index contributed by atoms with van der Waals surface area (Å²) in [4.78, 5) is 41.9. The number of nitrogens with zero attached hydrogens (tertiary/aromatic N) is 4. The normalized spacial score (nSPS) is 19.0. The molecule has 0 spiro atoms. The minimum Gasteiger partial charge on any atom is -0.513 e. The number of nitriles is 1. The quantitative estimate of drug-likeness (QED) is 0.111. The molecule has 280 valence electrons. The predicted octanol–water partition coefficient (Wildman–Crippen LogP) is 7.34. The van der Waals surface area contributed by atoms with Gasteiger partial charge in [-0.2, -0.15) is 18.4 Å². The number of carbonyl (C=O) groups is 3. The average molecular weight is 721 g/mol. The lowest BCUT2D eigenvalue weighted by molar-refractivity contribution is -0.141. The molecule has 1 aromatic heterocycles. The highest BCUT2D eigenvalue weighted by molar-refractivity contribution is 5.80. The molecule has 2 aliphatic heterocycles. The molecule has 2 atom stereocenters. The highest BCUT2D eigenvalue weighted by atomic mass is 19.4. The van der Waals surface area contributed by atoms with Crippen LogP contribution < -0.4 is 4.74 Å². The smallest absolute Gasteiger partial charge is 0.417 e. The van der Waals surface area contributed by atoms with Crippen molar-refractivity contribution in [2.45, 2.75) is 89.8 Å². The number of aldehydes is 1. The van der Waals surface area contributed by atoms with Gasteiger partial charge in [-0.15, -0.1) is 0 Å². The first-order chi connectivity index (χ1) is 24.1. The number of piperidine rings is 2. The van der Waals surface area contributed by atoms with Gasteiger partial charge in [0.05, 0.1) is 35.3 Å². The van der Waals surface area contributed by atoms with E-state index in [1.807, 2.05) is 4.90 Å². The second kappa shape index (κ2) is 20.4. The van der Waals surface area contributed by atoms with Crippen LogP contribution in [-0.4, -0.2) is 82.5 Å². The molecule has 10 nitrogen and oxygen atoms in total. The number of hydrogen-bond donors (Lipinski definition) is 2. The highest BCUT2D eigenvalue weighted by Crippen LogP contribution is 2.41. The predicted molar refractivity (Wildman–Crippen MR) is 183 cm³/mol. The van der Waals surface area contributed by atoms with Gasteiger partial charge in [-0.25, -0.2) is 4.39 Å². The molecule has 2 aromatic rings. The van der Waals surface area contributed by atoms with Crippen LogP contribution in [0.15, 0.2) is 48.5 Å². The maximum Gasteiger partial charge on any atom is 0.417 e. The number of halogens is 4. The molecule has 3 heterocycles. The van der Waals surface area contributed by atoms with Gasteiger partial charge in [0.15, 0.2) is 6.29 Å². The Morgan fingerprint density at radius 1 is 1.18 bits per heavy atom. The Balaban J connectivity index is 0.000000435. The molecule has 51 heavy (non-hydrogen) atoms. The van der Waals surface area contributed by atoms with Crippen LogP contribution in [0.1, 0.15) is 93.6 Å². The van der Waals surface area contributed by atoms with Gasteiger partial charge in [-0.1, -0.05) is 19.4 Å². The van der Waals surface area contributed by atoms with E-state index in [4.69, 9.17) is 14.9 Å². The van der Waals surface area contributed by atoms with Crippen LogP contribution in [-0.2, 0) is 21.2 Å². The van der Waals surface area contributed by atoms with Crippen molar-refractivity contribution in [1.82, 2.24) is 14.8 Å². The van der Waals surface area contributed by atoms with Gasteiger partial charge in [0.25, 0.3) is 0 Å². The van der Waals surface area contributed by atoms with E-state index in [1.165, 1.54) is 18.2 Å². The van der Waals surface area contributed by atoms with Crippen LogP contribution in [0.5, 0.6) is 5.75 Å². The van der Waals surface area contributed by atoms with Crippen molar-refractivity contribution in [3.63, 3.8) is 0 Å². The van der Waals surface area contributed by atoms with Crippen LogP contribution in [0, 0.1) is 23.1 Å². The number of hydrogen-bond acceptors (Lipinski definition) is 8. The molecule has 0 saturated carbocycles. The molecule has 0 aliphatic carbocycles. The standard InChI is InChI=1S/C26H36FN3O4.C7H4F3NO.C4H8O/c1-3-6-22-20(7-4-13-29(22)2)25(33)30-14-11-26(18-28,12-15-30)21-17-19(27)9-10-23(21)34-16-5-8-24(31)32;8-7(9,10)6-1-2-11-3-5(6)4-12;1-3-4(2)5/h9-10,17,20,22H,3-8,11-16H2,1-2H3,(H,31,32);1-4H;3,5H,1-2H3/b;;4-3+. The van der Waals surface area contributed by atoms with Gasteiger partial charge in [0, 0.05) is 49.1 Å². The monoisotopic (exact) mass is 720 g/mol. The lowest BCUT2D eigenvalue weighted by Crippen LogP contribution is -2.53. The van der Waals surface area contributed by atoms with Crippen molar-refractivity contribution >= 4 is 18.2 Å². The number of ether oxygens (including phenoxy) is 1. The lowest BCUT2D eigenvalue weighted by atomic mass is 9.73. The molecule has 1 aromatic carbocycles. The summed E-state index contributed by atoms with van der Waals surface area (Å²) in [6.07, 6.45) is 4.22. The first-order valence-electron chi connectivity index (χ1n) is 17.0. The van der Waals surface area contributed by atoms with Crippen LogP contribution in [0.2, 0.25) is 0 Å². The fourth-order valence-electron chi connectivity index (χ4n) is 6.18. The molecule has 0 radical (unpaired) electrons. The Kier molecular flexibility index (Phi) is 17.0. The molecule has 2 aliphatic rings. The Labute approximate surface area is 296 Å². The Morgan fingerprint density at radius 3 is 2.37 bits per heavy atom. The summed E-state index contributed by atoms with van der Waals surface area (Å²) < 4.78 is 56.1. The molecule has 14 heteroatoms. The summed E-state index contributed by atoms with van der Waals surface area (Å²) >= 11 is 0. The summed E-state index contributed by atoms with van der Waals surface area (Å²) in [5.41, 5.74) is -1.86. The number of aromatic nitrogens is 1. The molecule has 1 amide bonds. The van der Waals surface area contributed by atoms with E-state index in [1.54, 1.807) is 19.9 Å². The van der Waals surface area contributed by atoms with E-state index in [0.29, 0.717) is 49.4 Å². The highest BCUT2D eigenvalue weighted by Gasteiger charge is 2.43. The van der Waals surface area contributed by atoms with Crippen LogP contribution in [0.4, 0.5) is 17.6 Å². The number of aliphatic carboxylic acids is 1. The van der Waals surface area contributed by atoms with Gasteiger partial charge < -0.3 is 24.7 Å². The summed E-state index contributed by atoms with van der Waals surface area (Å²) in [7, 11) is 2.10. The number of carboxylic acids is 1. The zero-order valence-corrected chi connectivity index (χ0v) is 29.6. The minimum absolute atomic E-state index is 0.0180. The third-order valence-corrected chi connectivity index (χ3v) is 9.05. The number of rotatable bonds is 10. The number of aliphatic hydroxyl groups excluding tert-OH is 1. The van der Waals surface area contributed by atoms with E-state index < -0.39 is 34.5 Å². The zero-order chi connectivity index (χ0) is 38.2. The van der Waals surface area contributed by atoms with E-state index in [0.717, 1.165) is 50.7 Å². The SMILES string of the molecule is C/C=C(\C)O.CCCC1C(C(=O)N2CCC(C#N)(c3cc(F)ccc3OCCCC(=O)O)CC2)CCCN1C.O=Cc1cnccc1C(F)(F)F. The van der Waals surface area contributed by atoms with Crippen LogP contribution in [0.25, 0.3) is 0 Å². The van der Waals surface area contributed by atoms with Gasteiger partial charge >= 0.3 is 12.1 Å². The number of aliphatic hydroxyl groups is 1. The summed E-state index contributed by atoms with van der Waals surface area (Å²) in [5, 5.41) is 27.2. The largest absolute Gasteiger partial charge is 0.513 e. The number of amides is 1. The number of allylic oxidation sites excluding steroid dienone is 2. The topological polar surface area (TPSA) is 144 Å². The van der Waals surface area contributed by atoms with Gasteiger partial charge in [0.1, 0.15) is 11.6 Å². The maximum absolute atomic E-state index is 14.2. The molecular weight excluding hydrogens is 672 g/mol. The first kappa shape index (κ1) is 42.7. The molecule has 2 fully saturated rings. The summed E-state index contributed by atoms with van der Waals surface area (Å²) in [6.45, 7) is 7.65. The van der Waals surface area contributed by atoms with Crippen molar-refractivity contribution < 1.29 is 46.9 Å². The fourth-order valence-corrected chi connectivity index (χ4v) is 6.18. The number of likely N-dealkylation sites (tertiary alicyclic amines) is 2. The Hall–Kier alpha value is -4.51. The molecule has 2 N–H and O–H groups in total. The van der Waals surface area contributed by atoms with Gasteiger partial charge in [-0.3, -0.25) is 19.4 Å². The zero-order valence-electron chi connectivity index (χ0n) is 29.6. The lowest BCUT2D eigenvalue weighted by Gasteiger charge is -2.43. The van der Waals surface area contributed by atoms with Crippen molar-refractivity contribution in [2.24, 2.45) is 5.92 Å². The third-order valence-electron chi connectivity index (χ3n) is 9.05. The average Bonchev–Trinajstić information content (AvgIpc) is 3.11. The molecule has 4 rings (SSSR count). The molecule has 0 bridgehead atoms. The van der Waals surface area contributed by atoms with Crippen molar-refractivity contribution in [3.05, 3.63) is 71.0 Å². The van der Waals surface area contributed by atoms with Crippen molar-refractivity contribution in [3.8, 4) is 11.8 Å². The molecular formula is C37H48F4N4O6. The number of carbonyl (C=O) groups excluding carboxylic acids is 2. The maximum atomic E-state index is 14.2. The van der Waals surface area contributed by atoms with Crippen LogP contribution >= 0.6 is 0 Å². The Morgan fingerprint density at radius 2 is 1.84 bits per heavy atom.